The van der Waals surface area contributed by atoms with Gasteiger partial charge in [0, 0.05) is 5.56 Å². The van der Waals surface area contributed by atoms with Crippen LogP contribution in [0.5, 0.6) is 0 Å². The molecular formula is C12H10N4O4S. The minimum Gasteiger partial charge on any atom is -0.440 e. The molecule has 0 spiro atoms. The summed E-state index contributed by atoms with van der Waals surface area (Å²) in [5.74, 6) is 0.00898. The molecule has 0 bridgehead atoms. The van der Waals surface area contributed by atoms with Crippen LogP contribution in [-0.2, 0) is 15.6 Å². The van der Waals surface area contributed by atoms with Gasteiger partial charge < -0.3 is 4.42 Å². The van der Waals surface area contributed by atoms with Gasteiger partial charge >= 0.3 is 5.69 Å². The second-order valence-corrected chi connectivity index (χ2v) is 6.13. The number of hydrogen-bond donors (Lipinski definition) is 2. The van der Waals surface area contributed by atoms with Gasteiger partial charge in [0.25, 0.3) is 0 Å². The van der Waals surface area contributed by atoms with E-state index in [1.807, 2.05) is 35.4 Å². The number of oxazole rings is 1. The summed E-state index contributed by atoms with van der Waals surface area (Å²) in [4.78, 5) is 16.9. The first kappa shape index (κ1) is 13.3. The molecule has 0 radical (unpaired) electrons. The largest absolute Gasteiger partial charge is 0.440 e. The van der Waals surface area contributed by atoms with Gasteiger partial charge in [0.15, 0.2) is 5.76 Å². The lowest BCUT2D eigenvalue weighted by molar-refractivity contribution is 0.517. The Morgan fingerprint density at radius 3 is 2.62 bits per heavy atom. The Bertz CT molecular complexity index is 908. The Hall–Kier alpha value is -2.68. The minimum absolute atomic E-state index is 0.0257. The van der Waals surface area contributed by atoms with E-state index in [1.165, 1.54) is 6.20 Å². The molecule has 2 N–H and O–H groups in total. The van der Waals surface area contributed by atoms with Crippen LogP contribution >= 0.6 is 0 Å². The van der Waals surface area contributed by atoms with Crippen LogP contribution in [0.15, 0.2) is 50.9 Å². The summed E-state index contributed by atoms with van der Waals surface area (Å²) in [6.45, 7) is 0. The normalized spacial score (nSPS) is 11.6. The summed E-state index contributed by atoms with van der Waals surface area (Å²) in [6.07, 6.45) is 1.45. The van der Waals surface area contributed by atoms with Gasteiger partial charge in [0.2, 0.25) is 20.9 Å². The van der Waals surface area contributed by atoms with E-state index in [9.17, 15) is 13.2 Å². The summed E-state index contributed by atoms with van der Waals surface area (Å²) in [7, 11) is -3.82. The fraction of sp³-hybridized carbons (Fsp3) is 0.0833. The second-order valence-electron chi connectivity index (χ2n) is 4.23. The lowest BCUT2D eigenvalue weighted by Crippen LogP contribution is -2.09. The molecule has 0 unspecified atom stereocenters. The molecular weight excluding hydrogens is 296 g/mol. The zero-order chi connectivity index (χ0) is 14.9. The molecule has 0 aliphatic carbocycles. The molecule has 3 rings (SSSR count). The number of aromatic amines is 2. The number of rotatable bonds is 4. The summed E-state index contributed by atoms with van der Waals surface area (Å²) >= 11 is 0. The van der Waals surface area contributed by atoms with Crippen molar-refractivity contribution in [2.45, 2.75) is 10.9 Å². The number of nitrogens with zero attached hydrogens (tertiary/aromatic N) is 2. The first-order valence-electron chi connectivity index (χ1n) is 5.92. The van der Waals surface area contributed by atoms with E-state index in [4.69, 9.17) is 4.42 Å². The Morgan fingerprint density at radius 2 is 1.95 bits per heavy atom. The van der Waals surface area contributed by atoms with E-state index in [0.29, 0.717) is 5.76 Å². The SMILES string of the molecule is O=c1[nH]nc(S(=O)(=O)Cc2ncc(-c3ccccc3)o2)[nH]1. The molecule has 0 saturated heterocycles. The van der Waals surface area contributed by atoms with Crippen LogP contribution in [-0.4, -0.2) is 28.6 Å². The van der Waals surface area contributed by atoms with Gasteiger partial charge in [-0.15, -0.1) is 5.10 Å². The smallest absolute Gasteiger partial charge is 0.341 e. The average molecular weight is 306 g/mol. The van der Waals surface area contributed by atoms with Crippen molar-refractivity contribution in [3.63, 3.8) is 0 Å². The Kier molecular flexibility index (Phi) is 3.18. The lowest BCUT2D eigenvalue weighted by Gasteiger charge is -1.97. The van der Waals surface area contributed by atoms with E-state index in [2.05, 4.69) is 15.1 Å². The zero-order valence-electron chi connectivity index (χ0n) is 10.6. The first-order chi connectivity index (χ1) is 10.0. The van der Waals surface area contributed by atoms with Crippen LogP contribution in [0.4, 0.5) is 0 Å². The van der Waals surface area contributed by atoms with Crippen LogP contribution in [0, 0.1) is 0 Å². The highest BCUT2D eigenvalue weighted by Crippen LogP contribution is 2.21. The zero-order valence-corrected chi connectivity index (χ0v) is 11.4. The van der Waals surface area contributed by atoms with E-state index >= 15 is 0 Å². The van der Waals surface area contributed by atoms with Crippen molar-refractivity contribution in [3.05, 3.63) is 52.9 Å². The van der Waals surface area contributed by atoms with Crippen LogP contribution in [0.25, 0.3) is 11.3 Å². The van der Waals surface area contributed by atoms with Gasteiger partial charge in [0.05, 0.1) is 6.20 Å². The van der Waals surface area contributed by atoms with Gasteiger partial charge in [0.1, 0.15) is 5.75 Å². The van der Waals surface area contributed by atoms with Crippen LogP contribution in [0.3, 0.4) is 0 Å². The predicted molar refractivity (Wildman–Crippen MR) is 72.0 cm³/mol. The minimum atomic E-state index is -3.82. The van der Waals surface area contributed by atoms with E-state index in [0.717, 1.165) is 5.56 Å². The summed E-state index contributed by atoms with van der Waals surface area (Å²) < 4.78 is 29.4. The average Bonchev–Trinajstić information content (AvgIpc) is 3.09. The van der Waals surface area contributed by atoms with Crippen molar-refractivity contribution in [2.24, 2.45) is 0 Å². The molecule has 0 aliphatic heterocycles. The quantitative estimate of drug-likeness (QED) is 0.732. The Morgan fingerprint density at radius 1 is 1.19 bits per heavy atom. The maximum Gasteiger partial charge on any atom is 0.341 e. The number of nitrogens with one attached hydrogen (secondary N) is 2. The number of sulfone groups is 1. The van der Waals surface area contributed by atoms with Crippen molar-refractivity contribution in [2.75, 3.05) is 0 Å². The number of aromatic nitrogens is 4. The molecule has 21 heavy (non-hydrogen) atoms. The number of hydrogen-bond acceptors (Lipinski definition) is 6. The van der Waals surface area contributed by atoms with Gasteiger partial charge in [-0.2, -0.15) is 0 Å². The third kappa shape index (κ3) is 2.77. The fourth-order valence-corrected chi connectivity index (χ4v) is 2.77. The predicted octanol–water partition coefficient (Wildman–Crippen LogP) is 0.727. The Labute approximate surface area is 118 Å². The molecule has 0 atom stereocenters. The number of benzene rings is 1. The molecule has 3 aromatic rings. The molecule has 9 heteroatoms. The van der Waals surface area contributed by atoms with Crippen molar-refractivity contribution >= 4 is 9.84 Å². The third-order valence-corrected chi connectivity index (χ3v) is 4.11. The molecule has 0 amide bonds. The standard InChI is InChI=1S/C12H10N4O4S/c17-11-14-12(16-15-11)21(18,19)7-10-13-6-9(20-10)8-4-2-1-3-5-8/h1-6H,7H2,(H2,14,15,16,17). The summed E-state index contributed by atoms with van der Waals surface area (Å²) in [5.41, 5.74) is 0.104. The van der Waals surface area contributed by atoms with Crippen molar-refractivity contribution < 1.29 is 12.8 Å². The van der Waals surface area contributed by atoms with Gasteiger partial charge in [-0.05, 0) is 0 Å². The monoisotopic (exact) mass is 306 g/mol. The molecule has 0 saturated carbocycles. The molecule has 2 aromatic heterocycles. The molecule has 1 aromatic carbocycles. The van der Waals surface area contributed by atoms with Crippen LogP contribution < -0.4 is 5.69 Å². The summed E-state index contributed by atoms with van der Waals surface area (Å²) in [5, 5.41) is 4.96. The number of H-pyrrole nitrogens is 2. The van der Waals surface area contributed by atoms with E-state index in [1.54, 1.807) is 0 Å². The lowest BCUT2D eigenvalue weighted by atomic mass is 10.2. The van der Waals surface area contributed by atoms with Gasteiger partial charge in [-0.25, -0.2) is 23.3 Å². The summed E-state index contributed by atoms with van der Waals surface area (Å²) in [6, 6.07) is 9.18. The fourth-order valence-electron chi connectivity index (χ4n) is 1.75. The second kappa shape index (κ2) is 5.02. The molecule has 0 fully saturated rings. The highest BCUT2D eigenvalue weighted by Gasteiger charge is 2.22. The molecule has 108 valence electrons. The van der Waals surface area contributed by atoms with Gasteiger partial charge in [-0.3, -0.25) is 4.98 Å². The first-order valence-corrected chi connectivity index (χ1v) is 7.57. The topological polar surface area (TPSA) is 122 Å². The van der Waals surface area contributed by atoms with E-state index in [-0.39, 0.29) is 5.89 Å². The highest BCUT2D eigenvalue weighted by atomic mass is 32.2. The van der Waals surface area contributed by atoms with Crippen molar-refractivity contribution in [1.82, 2.24) is 20.2 Å². The third-order valence-electron chi connectivity index (χ3n) is 2.70. The molecule has 8 nitrogen and oxygen atoms in total. The van der Waals surface area contributed by atoms with Crippen molar-refractivity contribution in [1.29, 1.82) is 0 Å². The van der Waals surface area contributed by atoms with Gasteiger partial charge in [-0.1, -0.05) is 30.3 Å². The van der Waals surface area contributed by atoms with Crippen LogP contribution in [0.1, 0.15) is 5.89 Å². The molecule has 0 aliphatic rings. The Balaban J connectivity index is 1.86. The maximum absolute atomic E-state index is 12.0. The molecule has 2 heterocycles. The van der Waals surface area contributed by atoms with Crippen molar-refractivity contribution in [3.8, 4) is 11.3 Å². The van der Waals surface area contributed by atoms with E-state index < -0.39 is 26.4 Å². The van der Waals surface area contributed by atoms with Crippen LogP contribution in [0.2, 0.25) is 0 Å². The maximum atomic E-state index is 12.0. The highest BCUT2D eigenvalue weighted by molar-refractivity contribution is 7.90.